The molecule has 0 saturated carbocycles. The normalized spacial score (nSPS) is 14.4. The molecule has 24 heavy (non-hydrogen) atoms. The molecule has 1 aliphatic rings. The van der Waals surface area contributed by atoms with Crippen LogP contribution in [0.1, 0.15) is 30.5 Å². The zero-order valence-electron chi connectivity index (χ0n) is 13.7. The van der Waals surface area contributed by atoms with Gasteiger partial charge < -0.3 is 15.0 Å². The molecule has 2 heterocycles. The number of benzene rings is 1. The van der Waals surface area contributed by atoms with Gasteiger partial charge in [-0.25, -0.2) is 9.78 Å². The molecule has 1 aromatic carbocycles. The summed E-state index contributed by atoms with van der Waals surface area (Å²) in [6.45, 7) is 3.05. The van der Waals surface area contributed by atoms with Crippen LogP contribution in [0.2, 0.25) is 0 Å². The number of piperidine rings is 1. The molecule has 1 saturated heterocycles. The lowest BCUT2D eigenvalue weighted by atomic mass is 10.1. The van der Waals surface area contributed by atoms with Gasteiger partial charge in [0.1, 0.15) is 6.61 Å². The number of rotatable bonds is 6. The molecule has 0 unspecified atom stereocenters. The van der Waals surface area contributed by atoms with Gasteiger partial charge in [0.25, 0.3) is 0 Å². The van der Waals surface area contributed by atoms with E-state index in [0.29, 0.717) is 13.2 Å². The van der Waals surface area contributed by atoms with E-state index in [2.05, 4.69) is 20.6 Å². The van der Waals surface area contributed by atoms with Crippen LogP contribution in [0.3, 0.4) is 0 Å². The van der Waals surface area contributed by atoms with E-state index >= 15 is 0 Å². The Morgan fingerprint density at radius 1 is 1.21 bits per heavy atom. The molecular weight excluding hydrogens is 322 g/mol. The Labute approximate surface area is 146 Å². The summed E-state index contributed by atoms with van der Waals surface area (Å²) < 4.78 is 5.19. The number of carbonyl (C=O) groups excluding carboxylic acids is 1. The van der Waals surface area contributed by atoms with Gasteiger partial charge in [-0.2, -0.15) is 0 Å². The van der Waals surface area contributed by atoms with Crippen LogP contribution >= 0.6 is 11.3 Å². The molecule has 1 fully saturated rings. The maximum absolute atomic E-state index is 11.7. The molecular formula is C18H23N3O2S. The van der Waals surface area contributed by atoms with Crippen molar-refractivity contribution in [2.24, 2.45) is 0 Å². The molecule has 1 N–H and O–H groups in total. The number of thiazole rings is 1. The van der Waals surface area contributed by atoms with Crippen LogP contribution in [0.15, 0.2) is 35.7 Å². The van der Waals surface area contributed by atoms with Crippen molar-refractivity contribution in [3.8, 4) is 0 Å². The lowest BCUT2D eigenvalue weighted by Gasteiger charge is -2.25. The zero-order chi connectivity index (χ0) is 16.6. The minimum absolute atomic E-state index is 0.294. The van der Waals surface area contributed by atoms with Gasteiger partial charge in [0.2, 0.25) is 0 Å². The van der Waals surface area contributed by atoms with Gasteiger partial charge in [-0.05, 0) is 24.8 Å². The standard InChI is InChI=1S/C18H23N3O2S/c22-18(23-13-15-7-3-1-4-8-15)19-10-9-16-14-24-17(20-16)21-11-5-2-6-12-21/h1,3-4,7-8,14H,2,5-6,9-13H2,(H,19,22). The Kier molecular flexibility index (Phi) is 6.07. The van der Waals surface area contributed by atoms with Gasteiger partial charge in [-0.15, -0.1) is 11.3 Å². The number of nitrogens with zero attached hydrogens (tertiary/aromatic N) is 2. The van der Waals surface area contributed by atoms with Crippen molar-refractivity contribution in [3.63, 3.8) is 0 Å². The highest BCUT2D eigenvalue weighted by atomic mass is 32.1. The smallest absolute Gasteiger partial charge is 0.407 e. The second kappa shape index (κ2) is 8.68. The van der Waals surface area contributed by atoms with Gasteiger partial charge in [-0.3, -0.25) is 0 Å². The molecule has 1 aromatic heterocycles. The zero-order valence-corrected chi connectivity index (χ0v) is 14.6. The molecule has 0 bridgehead atoms. The van der Waals surface area contributed by atoms with E-state index in [-0.39, 0.29) is 6.09 Å². The third-order valence-electron chi connectivity index (χ3n) is 4.03. The van der Waals surface area contributed by atoms with Crippen LogP contribution in [0.5, 0.6) is 0 Å². The minimum atomic E-state index is -0.384. The lowest BCUT2D eigenvalue weighted by Crippen LogP contribution is -2.29. The summed E-state index contributed by atoms with van der Waals surface area (Å²) in [7, 11) is 0. The fraction of sp³-hybridized carbons (Fsp3) is 0.444. The topological polar surface area (TPSA) is 54.5 Å². The van der Waals surface area contributed by atoms with Crippen molar-refractivity contribution in [1.29, 1.82) is 0 Å². The third kappa shape index (κ3) is 4.96. The van der Waals surface area contributed by atoms with Crippen LogP contribution in [-0.4, -0.2) is 30.7 Å². The molecule has 0 aliphatic carbocycles. The molecule has 1 aliphatic heterocycles. The van der Waals surface area contributed by atoms with E-state index in [4.69, 9.17) is 4.74 Å². The van der Waals surface area contributed by atoms with Crippen molar-refractivity contribution in [3.05, 3.63) is 47.0 Å². The summed E-state index contributed by atoms with van der Waals surface area (Å²) in [5.74, 6) is 0. The molecule has 0 radical (unpaired) electrons. The van der Waals surface area contributed by atoms with E-state index in [1.54, 1.807) is 11.3 Å². The first-order chi connectivity index (χ1) is 11.8. The Bertz CT molecular complexity index is 639. The SMILES string of the molecule is O=C(NCCc1csc(N2CCCCC2)n1)OCc1ccccc1. The first-order valence-corrected chi connectivity index (χ1v) is 9.33. The molecule has 6 heteroatoms. The summed E-state index contributed by atoms with van der Waals surface area (Å²) in [6, 6.07) is 9.67. The summed E-state index contributed by atoms with van der Waals surface area (Å²) in [4.78, 5) is 18.7. The van der Waals surface area contributed by atoms with Crippen molar-refractivity contribution in [1.82, 2.24) is 10.3 Å². The maximum atomic E-state index is 11.7. The average Bonchev–Trinajstić information content (AvgIpc) is 3.11. The Morgan fingerprint density at radius 2 is 2.00 bits per heavy atom. The van der Waals surface area contributed by atoms with Gasteiger partial charge in [-0.1, -0.05) is 30.3 Å². The molecule has 5 nitrogen and oxygen atoms in total. The number of anilines is 1. The van der Waals surface area contributed by atoms with Gasteiger partial charge in [0.15, 0.2) is 5.13 Å². The third-order valence-corrected chi connectivity index (χ3v) is 4.98. The van der Waals surface area contributed by atoms with Gasteiger partial charge in [0.05, 0.1) is 5.69 Å². The Hall–Kier alpha value is -2.08. The first kappa shape index (κ1) is 16.8. The lowest BCUT2D eigenvalue weighted by molar-refractivity contribution is 0.140. The van der Waals surface area contributed by atoms with Crippen molar-refractivity contribution >= 4 is 22.6 Å². The minimum Gasteiger partial charge on any atom is -0.445 e. The highest BCUT2D eigenvalue weighted by Crippen LogP contribution is 2.24. The van der Waals surface area contributed by atoms with Crippen molar-refractivity contribution in [2.45, 2.75) is 32.3 Å². The second-order valence-electron chi connectivity index (χ2n) is 5.91. The fourth-order valence-corrected chi connectivity index (χ4v) is 3.62. The predicted octanol–water partition coefficient (Wildman–Crippen LogP) is 3.60. The van der Waals surface area contributed by atoms with E-state index in [1.165, 1.54) is 19.3 Å². The van der Waals surface area contributed by atoms with Crippen LogP contribution in [0.4, 0.5) is 9.93 Å². The summed E-state index contributed by atoms with van der Waals surface area (Å²) in [5, 5.41) is 5.97. The maximum Gasteiger partial charge on any atom is 0.407 e. The number of alkyl carbamates (subject to hydrolysis) is 1. The van der Waals surface area contributed by atoms with Crippen LogP contribution < -0.4 is 10.2 Å². The highest BCUT2D eigenvalue weighted by Gasteiger charge is 2.14. The van der Waals surface area contributed by atoms with Crippen LogP contribution in [-0.2, 0) is 17.8 Å². The van der Waals surface area contributed by atoms with E-state index in [1.807, 2.05) is 30.3 Å². The first-order valence-electron chi connectivity index (χ1n) is 8.45. The number of hydrogen-bond acceptors (Lipinski definition) is 5. The molecule has 0 atom stereocenters. The van der Waals surface area contributed by atoms with E-state index in [9.17, 15) is 4.79 Å². The fourth-order valence-electron chi connectivity index (χ4n) is 2.71. The monoisotopic (exact) mass is 345 g/mol. The largest absolute Gasteiger partial charge is 0.445 e. The van der Waals surface area contributed by atoms with E-state index < -0.39 is 0 Å². The number of ether oxygens (including phenoxy) is 1. The van der Waals surface area contributed by atoms with E-state index in [0.717, 1.165) is 35.9 Å². The number of aromatic nitrogens is 1. The van der Waals surface area contributed by atoms with Crippen LogP contribution in [0.25, 0.3) is 0 Å². The average molecular weight is 345 g/mol. The van der Waals surface area contributed by atoms with Gasteiger partial charge >= 0.3 is 6.09 Å². The summed E-state index contributed by atoms with van der Waals surface area (Å²) in [6.07, 6.45) is 4.17. The number of carbonyl (C=O) groups is 1. The Balaban J connectivity index is 1.37. The number of nitrogens with one attached hydrogen (secondary N) is 1. The van der Waals surface area contributed by atoms with Gasteiger partial charge in [0, 0.05) is 31.4 Å². The highest BCUT2D eigenvalue weighted by molar-refractivity contribution is 7.13. The van der Waals surface area contributed by atoms with Crippen molar-refractivity contribution in [2.75, 3.05) is 24.5 Å². The molecule has 128 valence electrons. The van der Waals surface area contributed by atoms with Crippen LogP contribution in [0, 0.1) is 0 Å². The molecule has 1 amide bonds. The molecule has 3 rings (SSSR count). The quantitative estimate of drug-likeness (QED) is 0.869. The summed E-state index contributed by atoms with van der Waals surface area (Å²) in [5.41, 5.74) is 2.02. The second-order valence-corrected chi connectivity index (χ2v) is 6.74. The number of hydrogen-bond donors (Lipinski definition) is 1. The molecule has 2 aromatic rings. The van der Waals surface area contributed by atoms with Crippen molar-refractivity contribution < 1.29 is 9.53 Å². The predicted molar refractivity (Wildman–Crippen MR) is 96.5 cm³/mol. The summed E-state index contributed by atoms with van der Waals surface area (Å²) >= 11 is 1.69. The molecule has 0 spiro atoms. The number of amides is 1. The Morgan fingerprint density at radius 3 is 2.79 bits per heavy atom.